The molecule has 2 aromatic rings. The van der Waals surface area contributed by atoms with Crippen LogP contribution in [0.2, 0.25) is 0 Å². The van der Waals surface area contributed by atoms with Crippen LogP contribution in [0.1, 0.15) is 72.8 Å². The fourth-order valence-electron chi connectivity index (χ4n) is 4.54. The summed E-state index contributed by atoms with van der Waals surface area (Å²) in [6.07, 6.45) is 4.68. The molecule has 1 aromatic carbocycles. The number of piperazine rings is 1. The van der Waals surface area contributed by atoms with Gasteiger partial charge in [0.05, 0.1) is 5.75 Å². The molecule has 2 fully saturated rings. The third kappa shape index (κ3) is 4.99. The van der Waals surface area contributed by atoms with Crippen molar-refractivity contribution in [3.8, 4) is 0 Å². The number of rotatable bonds is 8. The molecule has 2 aliphatic rings. The predicted molar refractivity (Wildman–Crippen MR) is 130 cm³/mol. The van der Waals surface area contributed by atoms with Crippen molar-refractivity contribution in [1.29, 1.82) is 0 Å². The lowest BCUT2D eigenvalue weighted by Crippen LogP contribution is -2.49. The van der Waals surface area contributed by atoms with Gasteiger partial charge in [0.1, 0.15) is 11.6 Å². The molecule has 2 heterocycles. The van der Waals surface area contributed by atoms with Crippen molar-refractivity contribution in [2.75, 3.05) is 36.8 Å². The Morgan fingerprint density at radius 2 is 1.75 bits per heavy atom. The summed E-state index contributed by atoms with van der Waals surface area (Å²) in [7, 11) is -3.16. The van der Waals surface area contributed by atoms with E-state index in [0.29, 0.717) is 38.5 Å². The Labute approximate surface area is 193 Å². The average molecular weight is 457 g/mol. The molecule has 4 rings (SSSR count). The number of benzene rings is 1. The molecule has 0 bridgehead atoms. The first kappa shape index (κ1) is 23.2. The van der Waals surface area contributed by atoms with E-state index >= 15 is 0 Å². The number of sulfonamides is 1. The molecule has 0 atom stereocenters. The predicted octanol–water partition coefficient (Wildman–Crippen LogP) is 3.99. The van der Waals surface area contributed by atoms with Crippen LogP contribution in [0.3, 0.4) is 0 Å². The van der Waals surface area contributed by atoms with E-state index in [1.165, 1.54) is 35.1 Å². The average Bonchev–Trinajstić information content (AvgIpc) is 3.62. The molecule has 1 aromatic heterocycles. The minimum Gasteiger partial charge on any atom is -0.354 e. The van der Waals surface area contributed by atoms with Crippen LogP contribution in [0.15, 0.2) is 18.2 Å². The topological polar surface area (TPSA) is 66.4 Å². The van der Waals surface area contributed by atoms with Gasteiger partial charge in [-0.15, -0.1) is 0 Å². The van der Waals surface area contributed by atoms with Crippen molar-refractivity contribution >= 4 is 15.8 Å². The van der Waals surface area contributed by atoms with E-state index in [-0.39, 0.29) is 5.75 Å². The monoisotopic (exact) mass is 456 g/mol. The zero-order chi connectivity index (χ0) is 22.9. The van der Waals surface area contributed by atoms with Crippen LogP contribution in [0.4, 0.5) is 5.82 Å². The largest absolute Gasteiger partial charge is 0.354 e. The van der Waals surface area contributed by atoms with E-state index in [9.17, 15) is 8.42 Å². The molecular formula is C25H36N4O2S. The molecule has 0 spiro atoms. The van der Waals surface area contributed by atoms with Gasteiger partial charge in [0, 0.05) is 49.8 Å². The van der Waals surface area contributed by atoms with Gasteiger partial charge in [0.2, 0.25) is 10.0 Å². The summed E-state index contributed by atoms with van der Waals surface area (Å²) in [5.74, 6) is 2.71. The highest BCUT2D eigenvalue weighted by Crippen LogP contribution is 2.40. The fraction of sp³-hybridized carbons (Fsp3) is 0.600. The van der Waals surface area contributed by atoms with Gasteiger partial charge in [0.15, 0.2) is 0 Å². The second-order valence-electron chi connectivity index (χ2n) is 9.27. The first-order valence-corrected chi connectivity index (χ1v) is 13.6. The minimum atomic E-state index is -3.16. The van der Waals surface area contributed by atoms with Crippen LogP contribution in [0, 0.1) is 13.8 Å². The van der Waals surface area contributed by atoms with Crippen LogP contribution in [-0.2, 0) is 22.9 Å². The summed E-state index contributed by atoms with van der Waals surface area (Å²) >= 11 is 0. The molecular weight excluding hydrogens is 420 g/mol. The maximum absolute atomic E-state index is 12.5. The van der Waals surface area contributed by atoms with E-state index in [1.54, 1.807) is 4.31 Å². The lowest BCUT2D eigenvalue weighted by atomic mass is 9.96. The Bertz CT molecular complexity index is 1070. The van der Waals surface area contributed by atoms with Gasteiger partial charge in [-0.1, -0.05) is 37.6 Å². The minimum absolute atomic E-state index is 0.226. The summed E-state index contributed by atoms with van der Waals surface area (Å²) in [5.41, 5.74) is 6.20. The number of hydrogen-bond donors (Lipinski definition) is 0. The summed E-state index contributed by atoms with van der Waals surface area (Å²) < 4.78 is 26.7. The first-order chi connectivity index (χ1) is 15.3. The van der Waals surface area contributed by atoms with Crippen LogP contribution >= 0.6 is 0 Å². The van der Waals surface area contributed by atoms with E-state index in [4.69, 9.17) is 9.97 Å². The highest BCUT2D eigenvalue weighted by atomic mass is 32.2. The Kier molecular flexibility index (Phi) is 6.86. The molecule has 1 aliphatic carbocycles. The second-order valence-corrected chi connectivity index (χ2v) is 11.4. The summed E-state index contributed by atoms with van der Waals surface area (Å²) in [6.45, 7) is 10.8. The highest BCUT2D eigenvalue weighted by Gasteiger charge is 2.32. The van der Waals surface area contributed by atoms with Crippen molar-refractivity contribution in [1.82, 2.24) is 14.3 Å². The molecule has 32 heavy (non-hydrogen) atoms. The summed E-state index contributed by atoms with van der Waals surface area (Å²) in [6, 6.07) is 6.61. The smallest absolute Gasteiger partial charge is 0.214 e. The van der Waals surface area contributed by atoms with Gasteiger partial charge < -0.3 is 4.90 Å². The van der Waals surface area contributed by atoms with Gasteiger partial charge in [-0.05, 0) is 50.7 Å². The van der Waals surface area contributed by atoms with Crippen molar-refractivity contribution < 1.29 is 8.42 Å². The van der Waals surface area contributed by atoms with Crippen molar-refractivity contribution in [2.24, 2.45) is 0 Å². The van der Waals surface area contributed by atoms with Gasteiger partial charge in [0.25, 0.3) is 0 Å². The number of aromatic nitrogens is 2. The van der Waals surface area contributed by atoms with Gasteiger partial charge >= 0.3 is 0 Å². The molecule has 1 saturated heterocycles. The highest BCUT2D eigenvalue weighted by molar-refractivity contribution is 7.89. The molecule has 174 valence electrons. The molecule has 1 saturated carbocycles. The number of hydrogen-bond acceptors (Lipinski definition) is 5. The lowest BCUT2D eigenvalue weighted by molar-refractivity contribution is 0.383. The van der Waals surface area contributed by atoms with Crippen molar-refractivity contribution in [2.45, 2.75) is 65.7 Å². The molecule has 0 amide bonds. The van der Waals surface area contributed by atoms with Crippen LogP contribution in [0.5, 0.6) is 0 Å². The third-order valence-electron chi connectivity index (χ3n) is 6.63. The summed E-state index contributed by atoms with van der Waals surface area (Å²) in [5, 5.41) is 0. The third-order valence-corrected chi connectivity index (χ3v) is 8.71. The SMILES string of the molecule is CCCS(=O)(=O)N1CCN(c2nc(C3CC3)nc(CC)c2Cc2cc(C)ccc2C)CC1. The Balaban J connectivity index is 1.67. The maximum atomic E-state index is 12.5. The number of nitrogens with zero attached hydrogens (tertiary/aromatic N) is 4. The number of anilines is 1. The molecule has 1 aliphatic heterocycles. The van der Waals surface area contributed by atoms with E-state index in [2.05, 4.69) is 43.9 Å². The van der Waals surface area contributed by atoms with Gasteiger partial charge in [-0.2, -0.15) is 4.31 Å². The Morgan fingerprint density at radius 1 is 1.03 bits per heavy atom. The normalized spacial score (nSPS) is 17.7. The zero-order valence-electron chi connectivity index (χ0n) is 19.9. The van der Waals surface area contributed by atoms with Gasteiger partial charge in [-0.25, -0.2) is 18.4 Å². The standard InChI is InChI=1S/C25H36N4O2S/c1-5-15-32(30,31)29-13-11-28(12-14-29)25-22(17-21-16-18(3)7-8-19(21)4)23(6-2)26-24(27-25)20-9-10-20/h7-8,16,20H,5-6,9-15,17H2,1-4H3. The van der Waals surface area contributed by atoms with Gasteiger partial charge in [-0.3, -0.25) is 0 Å². The maximum Gasteiger partial charge on any atom is 0.214 e. The fourth-order valence-corrected chi connectivity index (χ4v) is 6.04. The van der Waals surface area contributed by atoms with E-state index in [0.717, 1.165) is 30.2 Å². The molecule has 0 radical (unpaired) electrons. The van der Waals surface area contributed by atoms with E-state index in [1.807, 2.05) is 6.92 Å². The first-order valence-electron chi connectivity index (χ1n) is 12.0. The van der Waals surface area contributed by atoms with Crippen LogP contribution in [-0.4, -0.2) is 54.6 Å². The Hall–Kier alpha value is -1.99. The molecule has 0 N–H and O–H groups in total. The molecule has 7 heteroatoms. The Morgan fingerprint density at radius 3 is 2.38 bits per heavy atom. The van der Waals surface area contributed by atoms with Crippen LogP contribution in [0.25, 0.3) is 0 Å². The van der Waals surface area contributed by atoms with E-state index < -0.39 is 10.0 Å². The summed E-state index contributed by atoms with van der Waals surface area (Å²) in [4.78, 5) is 12.4. The van der Waals surface area contributed by atoms with Crippen LogP contribution < -0.4 is 4.90 Å². The molecule has 6 nitrogen and oxygen atoms in total. The lowest BCUT2D eigenvalue weighted by Gasteiger charge is -2.36. The molecule has 0 unspecified atom stereocenters. The number of aryl methyl sites for hydroxylation is 3. The van der Waals surface area contributed by atoms with Crippen molar-refractivity contribution in [3.05, 3.63) is 52.0 Å². The zero-order valence-corrected chi connectivity index (χ0v) is 20.7. The quantitative estimate of drug-likeness (QED) is 0.601. The van der Waals surface area contributed by atoms with Crippen molar-refractivity contribution in [3.63, 3.8) is 0 Å². The second kappa shape index (κ2) is 9.48.